The number of carboxylic acid groups (broad SMARTS) is 2. The summed E-state index contributed by atoms with van der Waals surface area (Å²) in [5.74, 6) is 1.08. The van der Waals surface area contributed by atoms with Crippen molar-refractivity contribution in [1.29, 1.82) is 0 Å². The molecule has 2 fully saturated rings. The zero-order chi connectivity index (χ0) is 32.2. The summed E-state index contributed by atoms with van der Waals surface area (Å²) >= 11 is 0. The van der Waals surface area contributed by atoms with Crippen LogP contribution in [-0.4, -0.2) is 11.9 Å². The predicted octanol–water partition coefficient (Wildman–Crippen LogP) is 7.74. The Labute approximate surface area is 283 Å². The van der Waals surface area contributed by atoms with Gasteiger partial charge < -0.3 is 19.8 Å². The van der Waals surface area contributed by atoms with E-state index in [1.54, 1.807) is 11.1 Å². The third kappa shape index (κ3) is 6.12. The maximum absolute atomic E-state index is 11.8. The van der Waals surface area contributed by atoms with Crippen LogP contribution in [0.4, 0.5) is 0 Å². The fourth-order valence-corrected chi connectivity index (χ4v) is 11.2. The smallest absolute Gasteiger partial charge is 0.550 e. The van der Waals surface area contributed by atoms with E-state index >= 15 is 0 Å². The maximum atomic E-state index is 11.8. The Kier molecular flexibility index (Phi) is 10.6. The normalized spacial score (nSPS) is 40.4. The first-order valence-electron chi connectivity index (χ1n) is 17.8. The zero-order valence-corrected chi connectivity index (χ0v) is 30.3. The number of hydrogen-bond acceptors (Lipinski definition) is 4. The van der Waals surface area contributed by atoms with E-state index in [1.165, 1.54) is 36.8 Å². The Hall–Kier alpha value is -1.59. The van der Waals surface area contributed by atoms with Crippen LogP contribution in [0.2, 0.25) is 0 Å². The molecule has 2 saturated carbocycles. The first kappa shape index (κ1) is 36.2. The van der Waals surface area contributed by atoms with Crippen LogP contribution in [0.15, 0.2) is 46.6 Å². The standard InChI is InChI=1S/2C20H30O2.Co/c2*1-13(2)14-6-8-16-15(12-14)7-9-17-19(16,3)10-5-11-20(17,4)18(21)22;/h2*7,12-13,16-17H,5-6,8-11H2,1-4H3,(H,21,22);/q;;+2/p-2/t2*16-,17?,19+,20+;/m00./s1. The van der Waals surface area contributed by atoms with Crippen LogP contribution in [0.1, 0.15) is 132 Å². The van der Waals surface area contributed by atoms with Crippen LogP contribution < -0.4 is 10.2 Å². The minimum Gasteiger partial charge on any atom is -0.550 e. The number of carbonyl (C=O) groups excluding carboxylic acids is 2. The molecule has 2 unspecified atom stereocenters. The van der Waals surface area contributed by atoms with Crippen LogP contribution in [0.5, 0.6) is 0 Å². The van der Waals surface area contributed by atoms with Crippen molar-refractivity contribution < 1.29 is 36.6 Å². The number of carboxylic acids is 2. The second-order valence-electron chi connectivity index (χ2n) is 17.0. The Morgan fingerprint density at radius 1 is 0.667 bits per heavy atom. The number of hydrogen-bond donors (Lipinski definition) is 0. The van der Waals surface area contributed by atoms with Gasteiger partial charge in [-0.15, -0.1) is 0 Å². The molecule has 0 aromatic heterocycles. The predicted molar refractivity (Wildman–Crippen MR) is 174 cm³/mol. The molecule has 6 aliphatic rings. The molecule has 45 heavy (non-hydrogen) atoms. The van der Waals surface area contributed by atoms with Gasteiger partial charge in [-0.2, -0.15) is 0 Å². The molecule has 0 aromatic carbocycles. The average Bonchev–Trinajstić information content (AvgIpc) is 2.96. The molecule has 0 N–H and O–H groups in total. The van der Waals surface area contributed by atoms with Gasteiger partial charge in [-0.25, -0.2) is 0 Å². The molecule has 251 valence electrons. The minimum absolute atomic E-state index is 0. The molecule has 0 heterocycles. The maximum Gasteiger partial charge on any atom is 2.00 e. The van der Waals surface area contributed by atoms with E-state index in [4.69, 9.17) is 0 Å². The summed E-state index contributed by atoms with van der Waals surface area (Å²) in [5, 5.41) is 23.7. The molecule has 0 aliphatic heterocycles. The van der Waals surface area contributed by atoms with Crippen LogP contribution in [-0.2, 0) is 26.4 Å². The Morgan fingerprint density at radius 3 is 1.33 bits per heavy atom. The molecule has 0 aromatic rings. The number of fused-ring (bicyclic) bond motifs is 6. The SMILES string of the molecule is CC(C)C1=CC2=CCC3[C@](C)(C(=O)[O-])CCC[C@]3(C)[C@H]2CC1.CC(C)C1=CC2=CCC3[C@](C)(C(=O)[O-])CCC[C@]3(C)[C@H]2CC1.[Co+2]. The molecule has 4 nitrogen and oxygen atoms in total. The van der Waals surface area contributed by atoms with Gasteiger partial charge in [-0.05, 0) is 122 Å². The number of rotatable bonds is 4. The molecule has 5 heteroatoms. The first-order chi connectivity index (χ1) is 20.6. The molecule has 0 spiro atoms. The van der Waals surface area contributed by atoms with E-state index in [0.717, 1.165) is 51.4 Å². The van der Waals surface area contributed by atoms with Crippen LogP contribution >= 0.6 is 0 Å². The molecule has 6 aliphatic carbocycles. The summed E-state index contributed by atoms with van der Waals surface area (Å²) < 4.78 is 0. The third-order valence-electron chi connectivity index (χ3n) is 14.1. The van der Waals surface area contributed by atoms with E-state index in [0.29, 0.717) is 23.7 Å². The summed E-state index contributed by atoms with van der Waals surface area (Å²) in [6, 6.07) is 0. The van der Waals surface area contributed by atoms with Crippen molar-refractivity contribution in [3.05, 3.63) is 46.6 Å². The zero-order valence-electron chi connectivity index (χ0n) is 29.2. The first-order valence-corrected chi connectivity index (χ1v) is 17.8. The topological polar surface area (TPSA) is 80.3 Å². The average molecular weight is 662 g/mol. The largest absolute Gasteiger partial charge is 2.00 e. The van der Waals surface area contributed by atoms with Gasteiger partial charge in [-0.1, -0.05) is 104 Å². The molecule has 0 bridgehead atoms. The molecule has 0 saturated heterocycles. The van der Waals surface area contributed by atoms with Gasteiger partial charge in [-0.3, -0.25) is 0 Å². The van der Waals surface area contributed by atoms with Gasteiger partial charge in [0.25, 0.3) is 0 Å². The van der Waals surface area contributed by atoms with Crippen molar-refractivity contribution in [2.45, 2.75) is 132 Å². The van der Waals surface area contributed by atoms with Crippen molar-refractivity contribution in [2.75, 3.05) is 0 Å². The molecule has 6 rings (SSSR count). The van der Waals surface area contributed by atoms with E-state index in [1.807, 2.05) is 13.8 Å². The molecule has 0 amide bonds. The van der Waals surface area contributed by atoms with Crippen LogP contribution in [0.25, 0.3) is 0 Å². The second kappa shape index (κ2) is 13.1. The monoisotopic (exact) mass is 661 g/mol. The molecule has 1 radical (unpaired) electrons. The Morgan fingerprint density at radius 2 is 1.02 bits per heavy atom. The fraction of sp³-hybridized carbons (Fsp3) is 0.750. The quantitative estimate of drug-likeness (QED) is 0.309. The van der Waals surface area contributed by atoms with Gasteiger partial charge in [0.2, 0.25) is 0 Å². The Bertz CT molecular complexity index is 1190. The van der Waals surface area contributed by atoms with E-state index < -0.39 is 22.8 Å². The van der Waals surface area contributed by atoms with Gasteiger partial charge in [0.1, 0.15) is 0 Å². The van der Waals surface area contributed by atoms with Crippen molar-refractivity contribution in [3.63, 3.8) is 0 Å². The van der Waals surface area contributed by atoms with Crippen molar-refractivity contribution in [3.8, 4) is 0 Å². The van der Waals surface area contributed by atoms with E-state index in [9.17, 15) is 19.8 Å². The summed E-state index contributed by atoms with van der Waals surface area (Å²) in [6.45, 7) is 17.7. The van der Waals surface area contributed by atoms with Crippen LogP contribution in [0.3, 0.4) is 0 Å². The number of allylic oxidation sites excluding steroid dienone is 8. The van der Waals surface area contributed by atoms with Gasteiger partial charge in [0.15, 0.2) is 0 Å². The van der Waals surface area contributed by atoms with Gasteiger partial charge in [0, 0.05) is 22.8 Å². The summed E-state index contributed by atoms with van der Waals surface area (Å²) in [5.41, 5.74) is 5.01. The third-order valence-corrected chi connectivity index (χ3v) is 14.1. The summed E-state index contributed by atoms with van der Waals surface area (Å²) in [4.78, 5) is 23.7. The van der Waals surface area contributed by atoms with Crippen LogP contribution in [0, 0.1) is 57.2 Å². The fourth-order valence-electron chi connectivity index (χ4n) is 11.2. The van der Waals surface area contributed by atoms with Crippen molar-refractivity contribution in [2.24, 2.45) is 57.2 Å². The molecular weight excluding hydrogens is 603 g/mol. The van der Waals surface area contributed by atoms with E-state index in [-0.39, 0.29) is 39.4 Å². The molecular formula is C40H58CoO4. The van der Waals surface area contributed by atoms with Gasteiger partial charge >= 0.3 is 16.8 Å². The van der Waals surface area contributed by atoms with Crippen molar-refractivity contribution >= 4 is 11.9 Å². The van der Waals surface area contributed by atoms with E-state index in [2.05, 4.69) is 65.8 Å². The number of carbonyl (C=O) groups is 2. The Balaban J connectivity index is 0.000000200. The van der Waals surface area contributed by atoms with Crippen molar-refractivity contribution in [1.82, 2.24) is 0 Å². The molecule has 8 atom stereocenters. The minimum atomic E-state index is -0.838. The summed E-state index contributed by atoms with van der Waals surface area (Å²) in [7, 11) is 0. The van der Waals surface area contributed by atoms with Gasteiger partial charge in [0.05, 0.1) is 0 Å². The summed E-state index contributed by atoms with van der Waals surface area (Å²) in [6.07, 6.45) is 21.9. The second-order valence-corrected chi connectivity index (χ2v) is 17.0. The number of aliphatic carboxylic acids is 2.